The molecule has 2 heterocycles. The number of aromatic nitrogens is 2. The Morgan fingerprint density at radius 2 is 2.20 bits per heavy atom. The lowest BCUT2D eigenvalue weighted by Gasteiger charge is -2.24. The molecule has 0 amide bonds. The molecule has 2 atom stereocenters. The van der Waals surface area contributed by atoms with E-state index in [4.69, 9.17) is 0 Å². The Morgan fingerprint density at radius 1 is 1.44 bits per heavy atom. The van der Waals surface area contributed by atoms with E-state index in [0.29, 0.717) is 6.04 Å². The van der Waals surface area contributed by atoms with Crippen molar-refractivity contribution in [2.45, 2.75) is 45.3 Å². The second-order valence-electron chi connectivity index (χ2n) is 6.68. The van der Waals surface area contributed by atoms with E-state index in [1.54, 1.807) is 17.8 Å². The molecule has 1 aromatic heterocycles. The highest BCUT2D eigenvalue weighted by Crippen LogP contribution is 2.20. The highest BCUT2D eigenvalue weighted by atomic mass is 127. The van der Waals surface area contributed by atoms with Gasteiger partial charge in [-0.2, -0.15) is 5.10 Å². The third kappa shape index (κ3) is 6.41. The summed E-state index contributed by atoms with van der Waals surface area (Å²) in [5.41, 5.74) is -0.253. The minimum Gasteiger partial charge on any atom is -0.383 e. The van der Waals surface area contributed by atoms with E-state index in [2.05, 4.69) is 32.5 Å². The minimum atomic E-state index is -1.03. The van der Waals surface area contributed by atoms with Gasteiger partial charge in [-0.05, 0) is 39.8 Å². The lowest BCUT2D eigenvalue weighted by atomic mass is 10.0. The van der Waals surface area contributed by atoms with Crippen molar-refractivity contribution in [2.75, 3.05) is 32.7 Å². The fourth-order valence-electron chi connectivity index (χ4n) is 3.12. The number of guanidine groups is 1. The van der Waals surface area contributed by atoms with Crippen LogP contribution in [0.5, 0.6) is 0 Å². The van der Waals surface area contributed by atoms with Gasteiger partial charge in [0.25, 0.3) is 0 Å². The summed E-state index contributed by atoms with van der Waals surface area (Å²) in [6.45, 7) is 10.3. The van der Waals surface area contributed by atoms with E-state index in [1.807, 2.05) is 20.2 Å². The van der Waals surface area contributed by atoms with Gasteiger partial charge in [0, 0.05) is 37.9 Å². The molecule has 3 N–H and O–H groups in total. The van der Waals surface area contributed by atoms with E-state index in [-0.39, 0.29) is 30.5 Å². The van der Waals surface area contributed by atoms with Crippen LogP contribution in [0.2, 0.25) is 0 Å². The zero-order chi connectivity index (χ0) is 17.6. The number of nitrogens with one attached hydrogen (secondary N) is 2. The quantitative estimate of drug-likeness (QED) is 0.322. The molecule has 1 fully saturated rings. The van der Waals surface area contributed by atoms with Crippen LogP contribution in [-0.2, 0) is 12.6 Å². The monoisotopic (exact) mass is 464 g/mol. The van der Waals surface area contributed by atoms with Crippen LogP contribution in [0, 0.1) is 0 Å². The summed E-state index contributed by atoms with van der Waals surface area (Å²) in [5, 5.41) is 21.5. The highest BCUT2D eigenvalue weighted by Gasteiger charge is 2.25. The molecule has 25 heavy (non-hydrogen) atoms. The summed E-state index contributed by atoms with van der Waals surface area (Å²) in [6, 6.07) is 0.567. The van der Waals surface area contributed by atoms with Crippen LogP contribution < -0.4 is 10.6 Å². The predicted molar refractivity (Wildman–Crippen MR) is 112 cm³/mol. The topological polar surface area (TPSA) is 77.7 Å². The van der Waals surface area contributed by atoms with Gasteiger partial charge < -0.3 is 15.7 Å². The molecule has 0 bridgehead atoms. The minimum absolute atomic E-state index is 0. The average molecular weight is 464 g/mol. The van der Waals surface area contributed by atoms with Crippen molar-refractivity contribution in [1.29, 1.82) is 0 Å². The lowest BCUT2D eigenvalue weighted by Crippen LogP contribution is -2.45. The van der Waals surface area contributed by atoms with Gasteiger partial charge in [-0.15, -0.1) is 24.0 Å². The Morgan fingerprint density at radius 3 is 2.80 bits per heavy atom. The number of rotatable bonds is 7. The van der Waals surface area contributed by atoms with Crippen molar-refractivity contribution in [2.24, 2.45) is 12.0 Å². The van der Waals surface area contributed by atoms with E-state index in [0.717, 1.165) is 31.2 Å². The summed E-state index contributed by atoms with van der Waals surface area (Å²) < 4.78 is 1.69. The third-order valence-electron chi connectivity index (χ3n) is 4.63. The molecule has 0 spiro atoms. The van der Waals surface area contributed by atoms with Gasteiger partial charge >= 0.3 is 0 Å². The SMILES string of the molecule is CCNC(=NCC(C)(O)c1cnn(C)c1)NCC1CCCN1CC.I. The number of aliphatic hydroxyl groups is 1. The van der Waals surface area contributed by atoms with Gasteiger partial charge in [-0.1, -0.05) is 6.92 Å². The fourth-order valence-corrected chi connectivity index (χ4v) is 3.12. The Bertz CT molecular complexity index is 545. The van der Waals surface area contributed by atoms with E-state index in [1.165, 1.54) is 19.4 Å². The molecule has 0 aromatic carbocycles. The number of aryl methyl sites for hydroxylation is 1. The van der Waals surface area contributed by atoms with Crippen LogP contribution in [0.3, 0.4) is 0 Å². The summed E-state index contributed by atoms with van der Waals surface area (Å²) in [7, 11) is 1.84. The van der Waals surface area contributed by atoms with Crippen molar-refractivity contribution in [3.8, 4) is 0 Å². The van der Waals surface area contributed by atoms with Gasteiger partial charge in [-0.3, -0.25) is 9.58 Å². The standard InChI is InChI=1S/C17H32N6O.HI/c1-5-18-16(19-11-15-8-7-9-23(15)6-2)20-13-17(3,24)14-10-21-22(4)12-14;/h10,12,15,24H,5-9,11,13H2,1-4H3,(H2,18,19,20);1H. The van der Waals surface area contributed by atoms with Gasteiger partial charge in [-0.25, -0.2) is 4.99 Å². The number of likely N-dealkylation sites (tertiary alicyclic amines) is 1. The number of hydrogen-bond donors (Lipinski definition) is 3. The van der Waals surface area contributed by atoms with Gasteiger partial charge in [0.05, 0.1) is 12.7 Å². The maximum Gasteiger partial charge on any atom is 0.191 e. The molecule has 144 valence electrons. The first-order valence-corrected chi connectivity index (χ1v) is 8.94. The molecule has 0 radical (unpaired) electrons. The van der Waals surface area contributed by atoms with Gasteiger partial charge in [0.2, 0.25) is 0 Å². The first kappa shape index (κ1) is 22.2. The summed E-state index contributed by atoms with van der Waals surface area (Å²) >= 11 is 0. The van der Waals surface area contributed by atoms with E-state index in [9.17, 15) is 5.11 Å². The molecule has 1 aliphatic heterocycles. The maximum atomic E-state index is 10.7. The predicted octanol–water partition coefficient (Wildman–Crippen LogP) is 1.28. The largest absolute Gasteiger partial charge is 0.383 e. The average Bonchev–Trinajstić information content (AvgIpc) is 3.18. The molecule has 0 saturated carbocycles. The number of hydrogen-bond acceptors (Lipinski definition) is 4. The normalized spacial score (nSPS) is 20.8. The summed E-state index contributed by atoms with van der Waals surface area (Å²) in [4.78, 5) is 7.07. The van der Waals surface area contributed by atoms with E-state index < -0.39 is 5.60 Å². The van der Waals surface area contributed by atoms with Crippen molar-refractivity contribution in [3.63, 3.8) is 0 Å². The van der Waals surface area contributed by atoms with Gasteiger partial charge in [0.15, 0.2) is 5.96 Å². The molecule has 8 heteroatoms. The van der Waals surface area contributed by atoms with E-state index >= 15 is 0 Å². The van der Waals surface area contributed by atoms with Crippen molar-refractivity contribution in [1.82, 2.24) is 25.3 Å². The lowest BCUT2D eigenvalue weighted by molar-refractivity contribution is 0.0671. The molecule has 2 rings (SSSR count). The van der Waals surface area contributed by atoms with Crippen LogP contribution >= 0.6 is 24.0 Å². The first-order chi connectivity index (χ1) is 11.5. The molecule has 7 nitrogen and oxygen atoms in total. The molecular formula is C17H33IN6O. The van der Waals surface area contributed by atoms with Crippen LogP contribution in [0.1, 0.15) is 39.2 Å². The van der Waals surface area contributed by atoms with Crippen molar-refractivity contribution in [3.05, 3.63) is 18.0 Å². The highest BCUT2D eigenvalue weighted by molar-refractivity contribution is 14.0. The number of aliphatic imine (C=N–C) groups is 1. The van der Waals surface area contributed by atoms with Crippen LogP contribution in [0.25, 0.3) is 0 Å². The van der Waals surface area contributed by atoms with Gasteiger partial charge in [0.1, 0.15) is 5.60 Å². The van der Waals surface area contributed by atoms with Crippen LogP contribution in [-0.4, -0.2) is 64.5 Å². The summed E-state index contributed by atoms with van der Waals surface area (Å²) in [5.74, 6) is 0.754. The number of nitrogens with zero attached hydrogens (tertiary/aromatic N) is 4. The Hall–Kier alpha value is -0.870. The zero-order valence-electron chi connectivity index (χ0n) is 15.8. The second kappa shape index (κ2) is 10.3. The molecule has 2 unspecified atom stereocenters. The van der Waals surface area contributed by atoms with Crippen LogP contribution in [0.4, 0.5) is 0 Å². The number of halogens is 1. The molecular weight excluding hydrogens is 431 g/mol. The van der Waals surface area contributed by atoms with Crippen molar-refractivity contribution < 1.29 is 5.11 Å². The Labute approximate surface area is 168 Å². The smallest absolute Gasteiger partial charge is 0.191 e. The fraction of sp³-hybridized carbons (Fsp3) is 0.765. The molecule has 0 aliphatic carbocycles. The second-order valence-corrected chi connectivity index (χ2v) is 6.68. The third-order valence-corrected chi connectivity index (χ3v) is 4.63. The summed E-state index contributed by atoms with van der Waals surface area (Å²) in [6.07, 6.45) is 6.01. The number of likely N-dealkylation sites (N-methyl/N-ethyl adjacent to an activating group) is 1. The van der Waals surface area contributed by atoms with Crippen molar-refractivity contribution >= 4 is 29.9 Å². The first-order valence-electron chi connectivity index (χ1n) is 8.94. The Kier molecular flexibility index (Phi) is 9.15. The molecule has 1 aliphatic rings. The Balaban J connectivity index is 0.00000312. The van der Waals surface area contributed by atoms with Crippen LogP contribution in [0.15, 0.2) is 17.4 Å². The zero-order valence-corrected chi connectivity index (χ0v) is 18.2. The maximum absolute atomic E-state index is 10.7. The molecule has 1 saturated heterocycles. The molecule has 1 aromatic rings.